The summed E-state index contributed by atoms with van der Waals surface area (Å²) in [4.78, 5) is 28.3. The maximum absolute atomic E-state index is 10.8. The van der Waals surface area contributed by atoms with Gasteiger partial charge in [0.25, 0.3) is 0 Å². The number of hydrogen-bond donors (Lipinski definition) is 1. The molecule has 1 aromatic rings. The standard InChI is InChI=1S/C6H6N2O.C5H10N2O/c7-6(9)5-2-1-3-8-4-5;1-6-3-4-7(2)5(6)8/h1-4H,(H2,7,9);3-4H2,1-2H3. The van der Waals surface area contributed by atoms with Gasteiger partial charge in [0.1, 0.15) is 0 Å². The second kappa shape index (κ2) is 5.83. The molecule has 2 N–H and O–H groups in total. The van der Waals surface area contributed by atoms with Crippen LogP contribution < -0.4 is 5.73 Å². The second-order valence-corrected chi connectivity index (χ2v) is 3.73. The Morgan fingerprint density at radius 2 is 1.94 bits per heavy atom. The highest BCUT2D eigenvalue weighted by molar-refractivity contribution is 5.92. The number of hydrogen-bond acceptors (Lipinski definition) is 3. The molecule has 2 rings (SSSR count). The largest absolute Gasteiger partial charge is 0.366 e. The van der Waals surface area contributed by atoms with E-state index in [-0.39, 0.29) is 6.03 Å². The molecular weight excluding hydrogens is 220 g/mol. The van der Waals surface area contributed by atoms with Crippen molar-refractivity contribution in [2.75, 3.05) is 27.2 Å². The van der Waals surface area contributed by atoms with Crippen molar-refractivity contribution in [2.45, 2.75) is 0 Å². The molecule has 6 nitrogen and oxygen atoms in total. The molecule has 1 fully saturated rings. The lowest BCUT2D eigenvalue weighted by Crippen LogP contribution is -2.25. The quantitative estimate of drug-likeness (QED) is 0.754. The second-order valence-electron chi connectivity index (χ2n) is 3.73. The summed E-state index contributed by atoms with van der Waals surface area (Å²) < 4.78 is 0. The number of amides is 3. The van der Waals surface area contributed by atoms with Crippen molar-refractivity contribution in [1.82, 2.24) is 14.8 Å². The normalized spacial score (nSPS) is 14.4. The summed E-state index contributed by atoms with van der Waals surface area (Å²) in [6.45, 7) is 1.74. The fourth-order valence-electron chi connectivity index (χ4n) is 1.29. The Morgan fingerprint density at radius 3 is 2.18 bits per heavy atom. The van der Waals surface area contributed by atoms with Crippen molar-refractivity contribution < 1.29 is 9.59 Å². The first-order valence-electron chi connectivity index (χ1n) is 5.18. The van der Waals surface area contributed by atoms with E-state index in [0.29, 0.717) is 5.56 Å². The SMILES string of the molecule is CN1CCN(C)C1=O.NC(=O)c1cccnc1. The van der Waals surface area contributed by atoms with Crippen molar-refractivity contribution in [3.8, 4) is 0 Å². The van der Waals surface area contributed by atoms with Crippen LogP contribution in [0.4, 0.5) is 4.79 Å². The summed E-state index contributed by atoms with van der Waals surface area (Å²) in [6.07, 6.45) is 3.02. The van der Waals surface area contributed by atoms with E-state index in [1.54, 1.807) is 28.1 Å². The Balaban J connectivity index is 0.000000171. The van der Waals surface area contributed by atoms with Gasteiger partial charge in [-0.25, -0.2) is 4.79 Å². The molecule has 0 spiro atoms. The van der Waals surface area contributed by atoms with Gasteiger partial charge in [-0.1, -0.05) is 0 Å². The van der Waals surface area contributed by atoms with Gasteiger partial charge in [-0.15, -0.1) is 0 Å². The van der Waals surface area contributed by atoms with Crippen LogP contribution in [-0.2, 0) is 0 Å². The molecule has 1 aliphatic rings. The summed E-state index contributed by atoms with van der Waals surface area (Å²) in [5.74, 6) is -0.442. The summed E-state index contributed by atoms with van der Waals surface area (Å²) in [5, 5.41) is 0. The maximum atomic E-state index is 10.8. The summed E-state index contributed by atoms with van der Waals surface area (Å²) in [6, 6.07) is 3.42. The molecular formula is C11H16N4O2. The lowest BCUT2D eigenvalue weighted by atomic mass is 10.3. The Bertz CT molecular complexity index is 382. The van der Waals surface area contributed by atoms with Crippen molar-refractivity contribution in [1.29, 1.82) is 0 Å². The predicted molar refractivity (Wildman–Crippen MR) is 63.4 cm³/mol. The minimum Gasteiger partial charge on any atom is -0.366 e. The van der Waals surface area contributed by atoms with Gasteiger partial charge in [0, 0.05) is 39.6 Å². The van der Waals surface area contributed by atoms with Gasteiger partial charge in [-0.3, -0.25) is 9.78 Å². The number of likely N-dealkylation sites (N-methyl/N-ethyl adjacent to an activating group) is 2. The number of urea groups is 1. The number of rotatable bonds is 1. The zero-order valence-electron chi connectivity index (χ0n) is 9.96. The topological polar surface area (TPSA) is 79.5 Å². The van der Waals surface area contributed by atoms with Crippen LogP contribution in [0.2, 0.25) is 0 Å². The van der Waals surface area contributed by atoms with Crippen LogP contribution in [0.15, 0.2) is 24.5 Å². The molecule has 0 aliphatic carbocycles. The number of pyridine rings is 1. The molecule has 0 unspecified atom stereocenters. The van der Waals surface area contributed by atoms with Crippen LogP contribution in [0.1, 0.15) is 10.4 Å². The number of nitrogens with zero attached hydrogens (tertiary/aromatic N) is 3. The molecule has 3 amide bonds. The molecule has 0 radical (unpaired) electrons. The Morgan fingerprint density at radius 1 is 1.35 bits per heavy atom. The van der Waals surface area contributed by atoms with Crippen LogP contribution >= 0.6 is 0 Å². The smallest absolute Gasteiger partial charge is 0.319 e. The summed E-state index contributed by atoms with van der Waals surface area (Å²) in [5.41, 5.74) is 5.38. The van der Waals surface area contributed by atoms with E-state index in [0.717, 1.165) is 13.1 Å². The molecule has 0 atom stereocenters. The number of primary amides is 1. The van der Waals surface area contributed by atoms with Crippen molar-refractivity contribution >= 4 is 11.9 Å². The zero-order valence-corrected chi connectivity index (χ0v) is 9.96. The number of carbonyl (C=O) groups is 2. The Labute approximate surface area is 100 Å². The third-order valence-electron chi connectivity index (χ3n) is 2.37. The van der Waals surface area contributed by atoms with Gasteiger partial charge in [0.05, 0.1) is 5.56 Å². The van der Waals surface area contributed by atoms with E-state index in [1.165, 1.54) is 6.20 Å². The zero-order chi connectivity index (χ0) is 12.8. The van der Waals surface area contributed by atoms with Crippen molar-refractivity contribution in [2.24, 2.45) is 5.73 Å². The van der Waals surface area contributed by atoms with Crippen LogP contribution in [0.25, 0.3) is 0 Å². The van der Waals surface area contributed by atoms with Crippen LogP contribution in [-0.4, -0.2) is 53.9 Å². The molecule has 17 heavy (non-hydrogen) atoms. The van der Waals surface area contributed by atoms with Crippen molar-refractivity contribution in [3.05, 3.63) is 30.1 Å². The Kier molecular flexibility index (Phi) is 4.45. The molecule has 1 aromatic heterocycles. The van der Waals surface area contributed by atoms with Crippen LogP contribution in [0, 0.1) is 0 Å². The first-order chi connectivity index (χ1) is 8.02. The van der Waals surface area contributed by atoms with Crippen molar-refractivity contribution in [3.63, 3.8) is 0 Å². The minimum atomic E-state index is -0.442. The summed E-state index contributed by atoms with van der Waals surface area (Å²) in [7, 11) is 3.62. The van der Waals surface area contributed by atoms with E-state index in [9.17, 15) is 9.59 Å². The van der Waals surface area contributed by atoms with E-state index in [4.69, 9.17) is 5.73 Å². The van der Waals surface area contributed by atoms with Crippen LogP contribution in [0.3, 0.4) is 0 Å². The van der Waals surface area contributed by atoms with E-state index >= 15 is 0 Å². The first-order valence-corrected chi connectivity index (χ1v) is 5.18. The minimum absolute atomic E-state index is 0.130. The molecule has 0 aromatic carbocycles. The van der Waals surface area contributed by atoms with Gasteiger partial charge in [0.15, 0.2) is 0 Å². The predicted octanol–water partition coefficient (Wildman–Crippen LogP) is 0.164. The van der Waals surface area contributed by atoms with E-state index in [2.05, 4.69) is 4.98 Å². The molecule has 0 bridgehead atoms. The number of aromatic nitrogens is 1. The lowest BCUT2D eigenvalue weighted by molar-refractivity contribution is 0.1000. The Hall–Kier alpha value is -2.11. The lowest BCUT2D eigenvalue weighted by Gasteiger charge is -2.07. The molecule has 1 aliphatic heterocycles. The highest BCUT2D eigenvalue weighted by Crippen LogP contribution is 2.00. The first kappa shape index (κ1) is 13.0. The van der Waals surface area contributed by atoms with E-state index in [1.807, 2.05) is 14.1 Å². The third-order valence-corrected chi connectivity index (χ3v) is 2.37. The van der Waals surface area contributed by atoms with Gasteiger partial charge >= 0.3 is 6.03 Å². The molecule has 2 heterocycles. The molecule has 0 saturated carbocycles. The van der Waals surface area contributed by atoms with Gasteiger partial charge in [-0.2, -0.15) is 0 Å². The van der Waals surface area contributed by atoms with Gasteiger partial charge in [-0.05, 0) is 12.1 Å². The molecule has 6 heteroatoms. The highest BCUT2D eigenvalue weighted by atomic mass is 16.2. The van der Waals surface area contributed by atoms with Gasteiger partial charge < -0.3 is 15.5 Å². The average Bonchev–Trinajstić information content (AvgIpc) is 2.62. The fourth-order valence-corrected chi connectivity index (χ4v) is 1.29. The van der Waals surface area contributed by atoms with E-state index < -0.39 is 5.91 Å². The average molecular weight is 236 g/mol. The number of carbonyl (C=O) groups excluding carboxylic acids is 2. The van der Waals surface area contributed by atoms with Gasteiger partial charge in [0.2, 0.25) is 5.91 Å². The highest BCUT2D eigenvalue weighted by Gasteiger charge is 2.20. The third kappa shape index (κ3) is 3.75. The molecule has 1 saturated heterocycles. The molecule has 92 valence electrons. The summed E-state index contributed by atoms with van der Waals surface area (Å²) >= 11 is 0. The number of nitrogens with two attached hydrogens (primary N) is 1. The monoisotopic (exact) mass is 236 g/mol. The van der Waals surface area contributed by atoms with Crippen LogP contribution in [0.5, 0.6) is 0 Å². The fraction of sp³-hybridized carbons (Fsp3) is 0.364. The maximum Gasteiger partial charge on any atom is 0.319 e.